The quantitative estimate of drug-likeness (QED) is 0.187. The van der Waals surface area contributed by atoms with Gasteiger partial charge in [0.15, 0.2) is 0 Å². The van der Waals surface area contributed by atoms with Gasteiger partial charge in [0.1, 0.15) is 5.52 Å². The van der Waals surface area contributed by atoms with E-state index >= 15 is 0 Å². The molecule has 0 bridgehead atoms. The van der Waals surface area contributed by atoms with Crippen LogP contribution in [-0.4, -0.2) is 49.9 Å². The summed E-state index contributed by atoms with van der Waals surface area (Å²) in [7, 11) is -12.4. The molecule has 0 radical (unpaired) electrons. The van der Waals surface area contributed by atoms with Gasteiger partial charge in [0.05, 0.1) is 17.4 Å². The monoisotopic (exact) mass is 501 g/mol. The van der Waals surface area contributed by atoms with Gasteiger partial charge in [-0.3, -0.25) is 10.1 Å². The molecule has 0 spiro atoms. The van der Waals surface area contributed by atoms with Gasteiger partial charge in [-0.25, -0.2) is 9.97 Å². The molecule has 12 nitrogen and oxygen atoms in total. The molecule has 0 N–H and O–H groups in total. The minimum Gasteiger partial charge on any atom is -0.479 e. The molecule has 0 unspecified atom stereocenters. The molecule has 20 heteroatoms. The number of nitrogens with zero attached hydrogens (tertiary/aromatic N) is 3. The molecule has 0 fully saturated rings. The number of rotatable bonds is 6. The van der Waals surface area contributed by atoms with Crippen LogP contribution in [0.2, 0.25) is 0 Å². The third-order valence-electron chi connectivity index (χ3n) is 3.09. The Morgan fingerprint density at radius 2 is 1.48 bits per heavy atom. The molecule has 0 aliphatic rings. The first-order valence-corrected chi connectivity index (χ1v) is 9.77. The highest BCUT2D eigenvalue weighted by Crippen LogP contribution is 2.45. The lowest BCUT2D eigenvalue weighted by Crippen LogP contribution is -2.29. The molecular formula is C11H5F6N3O9S2. The largest absolute Gasteiger partial charge is 0.534 e. The number of hydrogen-bond acceptors (Lipinski definition) is 11. The van der Waals surface area contributed by atoms with Gasteiger partial charge in [0, 0.05) is 6.20 Å². The Balaban J connectivity index is 2.99. The van der Waals surface area contributed by atoms with Crippen LogP contribution in [0.25, 0.3) is 10.9 Å². The maximum Gasteiger partial charge on any atom is 0.534 e. The number of methoxy groups -OCH3 is 1. The fraction of sp³-hybridized carbons (Fsp3) is 0.273. The van der Waals surface area contributed by atoms with Gasteiger partial charge < -0.3 is 13.1 Å². The van der Waals surface area contributed by atoms with E-state index in [9.17, 15) is 53.3 Å². The van der Waals surface area contributed by atoms with Gasteiger partial charge in [-0.15, -0.1) is 0 Å². The first kappa shape index (κ1) is 24.1. The van der Waals surface area contributed by atoms with Gasteiger partial charge in [-0.2, -0.15) is 43.2 Å². The molecule has 0 saturated heterocycles. The number of fused-ring (bicyclic) bond motifs is 1. The Morgan fingerprint density at radius 3 is 1.94 bits per heavy atom. The predicted octanol–water partition coefficient (Wildman–Crippen LogP) is 2.00. The Hall–Kier alpha value is -3.16. The molecular weight excluding hydrogens is 496 g/mol. The Kier molecular flexibility index (Phi) is 5.84. The zero-order valence-electron chi connectivity index (χ0n) is 14.3. The lowest BCUT2D eigenvalue weighted by atomic mass is 10.2. The molecule has 31 heavy (non-hydrogen) atoms. The smallest absolute Gasteiger partial charge is 0.479 e. The van der Waals surface area contributed by atoms with E-state index in [4.69, 9.17) is 0 Å². The van der Waals surface area contributed by atoms with Crippen LogP contribution in [0.1, 0.15) is 0 Å². The zero-order chi connectivity index (χ0) is 24.0. The molecule has 0 atom stereocenters. The van der Waals surface area contributed by atoms with E-state index in [-0.39, 0.29) is 0 Å². The van der Waals surface area contributed by atoms with Crippen molar-refractivity contribution in [1.82, 2.24) is 9.97 Å². The highest BCUT2D eigenvalue weighted by atomic mass is 32.2. The number of pyridine rings is 2. The minimum absolute atomic E-state index is 0.640. The van der Waals surface area contributed by atoms with Crippen molar-refractivity contribution in [2.24, 2.45) is 0 Å². The third-order valence-corrected chi connectivity index (χ3v) is 4.99. The van der Waals surface area contributed by atoms with Gasteiger partial charge in [-0.1, -0.05) is 0 Å². The van der Waals surface area contributed by atoms with Crippen molar-refractivity contribution in [3.05, 3.63) is 22.4 Å². The van der Waals surface area contributed by atoms with Crippen LogP contribution in [0.4, 0.5) is 32.0 Å². The number of ether oxygens (including phenoxy) is 1. The summed E-state index contributed by atoms with van der Waals surface area (Å²) in [6.07, 6.45) is 0.743. The summed E-state index contributed by atoms with van der Waals surface area (Å²) < 4.78 is 133. The van der Waals surface area contributed by atoms with Crippen molar-refractivity contribution in [2.75, 3.05) is 7.11 Å². The standard InChI is InChI=1S/C11H5F6N3O9S2/c1-27-8-5-4(2-3-18-8)7(28-30(23,24)10(12,13)14)6(20(21)22)9(19-5)29-31(25,26)11(15,16)17/h2-3H,1H3. The summed E-state index contributed by atoms with van der Waals surface area (Å²) in [6.45, 7) is 0. The second kappa shape index (κ2) is 7.51. The van der Waals surface area contributed by atoms with E-state index in [1.54, 1.807) is 0 Å². The summed E-state index contributed by atoms with van der Waals surface area (Å²) in [4.78, 5) is 16.2. The second-order valence-electron chi connectivity index (χ2n) is 5.03. The average Bonchev–Trinajstić information content (AvgIpc) is 2.58. The highest BCUT2D eigenvalue weighted by molar-refractivity contribution is 7.88. The summed E-state index contributed by atoms with van der Waals surface area (Å²) in [5, 5.41) is 10.4. The zero-order valence-corrected chi connectivity index (χ0v) is 15.9. The number of alkyl halides is 6. The Labute approximate surface area is 166 Å². The average molecular weight is 501 g/mol. The highest BCUT2D eigenvalue weighted by Gasteiger charge is 2.52. The van der Waals surface area contributed by atoms with Crippen LogP contribution in [0.3, 0.4) is 0 Å². The summed E-state index contributed by atoms with van der Waals surface area (Å²) in [5.74, 6) is -4.62. The molecule has 0 aromatic carbocycles. The lowest BCUT2D eigenvalue weighted by Gasteiger charge is -2.15. The molecule has 0 aliphatic heterocycles. The van der Waals surface area contributed by atoms with E-state index < -0.39 is 70.3 Å². The number of halogens is 6. The van der Waals surface area contributed by atoms with E-state index in [0.717, 1.165) is 13.3 Å². The van der Waals surface area contributed by atoms with Crippen molar-refractivity contribution in [3.63, 3.8) is 0 Å². The summed E-state index contributed by atoms with van der Waals surface area (Å²) >= 11 is 0. The van der Waals surface area contributed by atoms with E-state index in [1.165, 1.54) is 0 Å². The maximum absolute atomic E-state index is 12.7. The molecule has 0 aliphatic carbocycles. The molecule has 2 aromatic rings. The first-order valence-electron chi connectivity index (χ1n) is 6.95. The van der Waals surface area contributed by atoms with Crippen LogP contribution < -0.4 is 13.1 Å². The van der Waals surface area contributed by atoms with Gasteiger partial charge in [-0.05, 0) is 6.07 Å². The third kappa shape index (κ3) is 4.47. The van der Waals surface area contributed by atoms with Crippen LogP contribution in [0.5, 0.6) is 17.5 Å². The molecule has 0 saturated carbocycles. The van der Waals surface area contributed by atoms with E-state index in [2.05, 4.69) is 23.1 Å². The van der Waals surface area contributed by atoms with Crippen LogP contribution in [0, 0.1) is 10.1 Å². The normalized spacial score (nSPS) is 13.1. The predicted molar refractivity (Wildman–Crippen MR) is 84.0 cm³/mol. The van der Waals surface area contributed by atoms with E-state index in [0.29, 0.717) is 6.07 Å². The topological polar surface area (TPSA) is 165 Å². The molecule has 2 rings (SSSR count). The van der Waals surface area contributed by atoms with Crippen LogP contribution in [0.15, 0.2) is 12.3 Å². The van der Waals surface area contributed by atoms with Gasteiger partial charge in [0.2, 0.25) is 11.6 Å². The van der Waals surface area contributed by atoms with Crippen molar-refractivity contribution in [3.8, 4) is 17.5 Å². The van der Waals surface area contributed by atoms with Crippen molar-refractivity contribution in [1.29, 1.82) is 0 Å². The fourth-order valence-electron chi connectivity index (χ4n) is 1.87. The van der Waals surface area contributed by atoms with Gasteiger partial charge >= 0.3 is 42.8 Å². The maximum atomic E-state index is 12.7. The van der Waals surface area contributed by atoms with Crippen molar-refractivity contribution < 1.29 is 61.2 Å². The second-order valence-corrected chi connectivity index (χ2v) is 8.11. The van der Waals surface area contributed by atoms with Gasteiger partial charge in [0.25, 0.3) is 0 Å². The van der Waals surface area contributed by atoms with Crippen molar-refractivity contribution in [2.45, 2.75) is 11.0 Å². The fourth-order valence-corrected chi connectivity index (χ4v) is 2.77. The Morgan fingerprint density at radius 1 is 0.968 bits per heavy atom. The molecule has 2 aromatic heterocycles. The molecule has 0 amide bonds. The summed E-state index contributed by atoms with van der Waals surface area (Å²) in [6, 6.07) is 0.640. The summed E-state index contributed by atoms with van der Waals surface area (Å²) in [5.41, 5.74) is -15.3. The lowest BCUT2D eigenvalue weighted by molar-refractivity contribution is -0.386. The number of aromatic nitrogens is 2. The van der Waals surface area contributed by atoms with Crippen LogP contribution in [-0.2, 0) is 20.2 Å². The first-order chi connectivity index (χ1) is 13.9. The number of hydrogen-bond donors (Lipinski definition) is 0. The SMILES string of the molecule is COc1nccc2c(OS(=O)(=O)C(F)(F)F)c([N+](=O)[O-])c(OS(=O)(=O)C(F)(F)F)nc12. The minimum atomic E-state index is -6.64. The Bertz CT molecular complexity index is 1260. The molecule has 2 heterocycles. The number of nitro groups is 1. The van der Waals surface area contributed by atoms with E-state index in [1.807, 2.05) is 0 Å². The van der Waals surface area contributed by atoms with Crippen molar-refractivity contribution >= 4 is 36.8 Å². The molecule has 172 valence electrons. The van der Waals surface area contributed by atoms with Crippen LogP contribution >= 0.6 is 0 Å².